The number of benzene rings is 1. The molecule has 2 aliphatic rings. The molecule has 3 rings (SSSR count). The number of likely N-dealkylation sites (tertiary alicyclic amines) is 1. The number of anilines is 1. The number of guanidine groups is 1. The zero-order chi connectivity index (χ0) is 21.3. The maximum absolute atomic E-state index is 12.6. The second-order valence-corrected chi connectivity index (χ2v) is 7.95. The van der Waals surface area contributed by atoms with E-state index in [2.05, 4.69) is 20.9 Å². The third-order valence-electron chi connectivity index (χ3n) is 5.59. The molecule has 164 valence electrons. The van der Waals surface area contributed by atoms with E-state index in [4.69, 9.17) is 4.74 Å². The smallest absolute Gasteiger partial charge is 0.225 e. The molecule has 1 aliphatic carbocycles. The van der Waals surface area contributed by atoms with Crippen LogP contribution in [0.3, 0.4) is 0 Å². The van der Waals surface area contributed by atoms with E-state index in [1.54, 1.807) is 13.1 Å². The summed E-state index contributed by atoms with van der Waals surface area (Å²) in [5, 5.41) is 9.41. The SMILES string of the molecule is CN=C(NCCOc1cccc(NC(C)=O)c1)NC1CCN(C(=O)C2CCCC2)C1. The Balaban J connectivity index is 1.37. The van der Waals surface area contributed by atoms with Crippen LogP contribution in [-0.4, -0.2) is 62.0 Å². The first-order chi connectivity index (χ1) is 14.5. The quantitative estimate of drug-likeness (QED) is 0.360. The van der Waals surface area contributed by atoms with E-state index in [1.807, 2.05) is 23.1 Å². The van der Waals surface area contributed by atoms with Crippen LogP contribution in [0.5, 0.6) is 5.75 Å². The summed E-state index contributed by atoms with van der Waals surface area (Å²) in [6, 6.07) is 7.53. The van der Waals surface area contributed by atoms with Crippen molar-refractivity contribution in [2.24, 2.45) is 10.9 Å². The van der Waals surface area contributed by atoms with Crippen LogP contribution >= 0.6 is 0 Å². The van der Waals surface area contributed by atoms with Crippen LogP contribution in [0, 0.1) is 5.92 Å². The Labute approximate surface area is 178 Å². The highest BCUT2D eigenvalue weighted by molar-refractivity contribution is 5.88. The van der Waals surface area contributed by atoms with Crippen molar-refractivity contribution in [2.75, 3.05) is 38.6 Å². The fraction of sp³-hybridized carbons (Fsp3) is 0.591. The molecule has 0 aromatic heterocycles. The van der Waals surface area contributed by atoms with Crippen LogP contribution in [0.25, 0.3) is 0 Å². The van der Waals surface area contributed by atoms with Crippen LogP contribution in [0.2, 0.25) is 0 Å². The molecule has 3 N–H and O–H groups in total. The molecular weight excluding hydrogens is 382 g/mol. The zero-order valence-corrected chi connectivity index (χ0v) is 17.9. The molecule has 1 aliphatic heterocycles. The van der Waals surface area contributed by atoms with Crippen molar-refractivity contribution in [3.05, 3.63) is 24.3 Å². The second kappa shape index (κ2) is 10.8. The molecule has 2 amide bonds. The Morgan fingerprint density at radius 1 is 1.23 bits per heavy atom. The van der Waals surface area contributed by atoms with Crippen molar-refractivity contribution in [1.29, 1.82) is 0 Å². The number of carbonyl (C=O) groups excluding carboxylic acids is 2. The minimum Gasteiger partial charge on any atom is -0.492 e. The predicted molar refractivity (Wildman–Crippen MR) is 118 cm³/mol. The van der Waals surface area contributed by atoms with E-state index in [-0.39, 0.29) is 17.9 Å². The van der Waals surface area contributed by atoms with E-state index in [1.165, 1.54) is 19.8 Å². The fourth-order valence-electron chi connectivity index (χ4n) is 4.10. The molecule has 1 aromatic carbocycles. The van der Waals surface area contributed by atoms with Gasteiger partial charge < -0.3 is 25.6 Å². The third-order valence-corrected chi connectivity index (χ3v) is 5.59. The number of hydrogen-bond acceptors (Lipinski definition) is 4. The first-order valence-electron chi connectivity index (χ1n) is 10.8. The second-order valence-electron chi connectivity index (χ2n) is 7.95. The third kappa shape index (κ3) is 6.37. The standard InChI is InChI=1S/C22H33N5O3/c1-16(28)25-18-8-5-9-20(14-18)30-13-11-24-22(23-2)26-19-10-12-27(15-19)21(29)17-6-3-4-7-17/h5,8-9,14,17,19H,3-4,6-7,10-13,15H2,1-2H3,(H,25,28)(H2,23,24,26). The van der Waals surface area contributed by atoms with Gasteiger partial charge in [-0.05, 0) is 31.4 Å². The summed E-state index contributed by atoms with van der Waals surface area (Å²) >= 11 is 0. The summed E-state index contributed by atoms with van der Waals surface area (Å²) in [4.78, 5) is 30.0. The van der Waals surface area contributed by atoms with Gasteiger partial charge in [0.2, 0.25) is 11.8 Å². The summed E-state index contributed by atoms with van der Waals surface area (Å²) in [5.41, 5.74) is 0.711. The van der Waals surface area contributed by atoms with Gasteiger partial charge in [0.1, 0.15) is 12.4 Å². The van der Waals surface area contributed by atoms with Crippen molar-refractivity contribution in [3.8, 4) is 5.75 Å². The summed E-state index contributed by atoms with van der Waals surface area (Å²) in [6.07, 6.45) is 5.39. The molecule has 30 heavy (non-hydrogen) atoms. The van der Waals surface area contributed by atoms with Crippen molar-refractivity contribution in [1.82, 2.24) is 15.5 Å². The van der Waals surface area contributed by atoms with Crippen molar-refractivity contribution in [3.63, 3.8) is 0 Å². The highest BCUT2D eigenvalue weighted by atomic mass is 16.5. The average molecular weight is 416 g/mol. The minimum atomic E-state index is -0.112. The lowest BCUT2D eigenvalue weighted by molar-refractivity contribution is -0.134. The first-order valence-corrected chi connectivity index (χ1v) is 10.8. The van der Waals surface area contributed by atoms with Crippen LogP contribution in [0.1, 0.15) is 39.0 Å². The lowest BCUT2D eigenvalue weighted by atomic mass is 10.1. The van der Waals surface area contributed by atoms with Crippen LogP contribution in [0.15, 0.2) is 29.3 Å². The van der Waals surface area contributed by atoms with Crippen molar-refractivity contribution < 1.29 is 14.3 Å². The maximum Gasteiger partial charge on any atom is 0.225 e. The Kier molecular flexibility index (Phi) is 7.93. The zero-order valence-electron chi connectivity index (χ0n) is 17.9. The van der Waals surface area contributed by atoms with Gasteiger partial charge in [-0.2, -0.15) is 0 Å². The number of rotatable bonds is 7. The van der Waals surface area contributed by atoms with Gasteiger partial charge in [0, 0.05) is 50.8 Å². The molecule has 1 unspecified atom stereocenters. The van der Waals surface area contributed by atoms with Gasteiger partial charge in [0.15, 0.2) is 5.96 Å². The number of amides is 2. The topological polar surface area (TPSA) is 95.1 Å². The van der Waals surface area contributed by atoms with Crippen LogP contribution < -0.4 is 20.7 Å². The molecule has 1 saturated carbocycles. The molecule has 1 aromatic rings. The predicted octanol–water partition coefficient (Wildman–Crippen LogP) is 1.98. The van der Waals surface area contributed by atoms with Crippen LogP contribution in [-0.2, 0) is 9.59 Å². The van der Waals surface area contributed by atoms with Crippen molar-refractivity contribution in [2.45, 2.75) is 45.1 Å². The van der Waals surface area contributed by atoms with E-state index < -0.39 is 0 Å². The molecule has 1 heterocycles. The Hall–Kier alpha value is -2.77. The van der Waals surface area contributed by atoms with Gasteiger partial charge in [-0.25, -0.2) is 0 Å². The Bertz CT molecular complexity index is 761. The highest BCUT2D eigenvalue weighted by Gasteiger charge is 2.32. The molecule has 8 nitrogen and oxygen atoms in total. The maximum atomic E-state index is 12.6. The van der Waals surface area contributed by atoms with Gasteiger partial charge in [-0.1, -0.05) is 18.9 Å². The van der Waals surface area contributed by atoms with Gasteiger partial charge in [-0.15, -0.1) is 0 Å². The van der Waals surface area contributed by atoms with E-state index in [0.29, 0.717) is 36.5 Å². The molecule has 1 saturated heterocycles. The van der Waals surface area contributed by atoms with Gasteiger partial charge >= 0.3 is 0 Å². The number of aliphatic imine (C=N–C) groups is 1. The number of hydrogen-bond donors (Lipinski definition) is 3. The molecule has 8 heteroatoms. The summed E-state index contributed by atoms with van der Waals surface area (Å²) in [5.74, 6) is 1.87. The Morgan fingerprint density at radius 2 is 2.03 bits per heavy atom. The van der Waals surface area contributed by atoms with E-state index in [0.717, 1.165) is 32.4 Å². The minimum absolute atomic E-state index is 0.112. The lowest BCUT2D eigenvalue weighted by Gasteiger charge is -2.21. The number of nitrogens with one attached hydrogen (secondary N) is 3. The summed E-state index contributed by atoms with van der Waals surface area (Å²) in [6.45, 7) is 4.08. The summed E-state index contributed by atoms with van der Waals surface area (Å²) < 4.78 is 5.75. The normalized spacial score (nSPS) is 19.6. The largest absolute Gasteiger partial charge is 0.492 e. The number of carbonyl (C=O) groups is 2. The van der Waals surface area contributed by atoms with Crippen molar-refractivity contribution >= 4 is 23.5 Å². The molecule has 0 bridgehead atoms. The average Bonchev–Trinajstić information content (AvgIpc) is 3.42. The molecule has 0 radical (unpaired) electrons. The number of ether oxygens (including phenoxy) is 1. The Morgan fingerprint density at radius 3 is 2.77 bits per heavy atom. The molecule has 0 spiro atoms. The molecule has 1 atom stereocenters. The van der Waals surface area contributed by atoms with E-state index >= 15 is 0 Å². The van der Waals surface area contributed by atoms with E-state index in [9.17, 15) is 9.59 Å². The highest BCUT2D eigenvalue weighted by Crippen LogP contribution is 2.27. The first kappa shape index (κ1) is 21.9. The fourth-order valence-corrected chi connectivity index (χ4v) is 4.10. The van der Waals surface area contributed by atoms with Gasteiger partial charge in [0.25, 0.3) is 0 Å². The lowest BCUT2D eigenvalue weighted by Crippen LogP contribution is -2.46. The van der Waals surface area contributed by atoms with Gasteiger partial charge in [-0.3, -0.25) is 14.6 Å². The molecular formula is C22H33N5O3. The van der Waals surface area contributed by atoms with Crippen LogP contribution in [0.4, 0.5) is 5.69 Å². The molecule has 2 fully saturated rings. The monoisotopic (exact) mass is 415 g/mol. The number of nitrogens with zero attached hydrogens (tertiary/aromatic N) is 2. The van der Waals surface area contributed by atoms with Gasteiger partial charge in [0.05, 0.1) is 6.54 Å². The summed E-state index contributed by atoms with van der Waals surface area (Å²) in [7, 11) is 1.74.